The van der Waals surface area contributed by atoms with Crippen LogP contribution in [0.3, 0.4) is 0 Å². The number of piperidine rings is 1. The van der Waals surface area contributed by atoms with Gasteiger partial charge in [0, 0.05) is 28.9 Å². The molecule has 0 bridgehead atoms. The van der Waals surface area contributed by atoms with Crippen LogP contribution in [0.15, 0.2) is 47.4 Å². The van der Waals surface area contributed by atoms with Crippen LogP contribution in [-0.4, -0.2) is 44.7 Å². The summed E-state index contributed by atoms with van der Waals surface area (Å²) in [4.78, 5) is 15.7. The van der Waals surface area contributed by atoms with E-state index in [0.29, 0.717) is 5.25 Å². The van der Waals surface area contributed by atoms with E-state index in [0.717, 1.165) is 42.7 Å². The van der Waals surface area contributed by atoms with Crippen LogP contribution in [0.5, 0.6) is 0 Å². The molecule has 2 heterocycles. The minimum atomic E-state index is -0.0492. The highest BCUT2D eigenvalue weighted by molar-refractivity contribution is 8.00. The second-order valence-corrected chi connectivity index (χ2v) is 7.95. The molecule has 1 saturated heterocycles. The van der Waals surface area contributed by atoms with E-state index in [2.05, 4.69) is 51.9 Å². The molecule has 0 spiro atoms. The molecule has 2 N–H and O–H groups in total. The predicted octanol–water partition coefficient (Wildman–Crippen LogP) is 4.05. The molecule has 0 radical (unpaired) electrons. The number of rotatable bonds is 3. The van der Waals surface area contributed by atoms with Gasteiger partial charge in [-0.05, 0) is 50.1 Å². The normalized spacial score (nSPS) is 15.3. The third-order valence-corrected chi connectivity index (χ3v) is 5.92. The Morgan fingerprint density at radius 3 is 2.77 bits per heavy atom. The number of fused-ring (bicyclic) bond motifs is 1. The number of amides is 2. The van der Waals surface area contributed by atoms with E-state index in [1.165, 1.54) is 10.5 Å². The highest BCUT2D eigenvalue weighted by Gasteiger charge is 2.23. The van der Waals surface area contributed by atoms with Crippen LogP contribution >= 0.6 is 11.8 Å². The first kappa shape index (κ1) is 16.9. The van der Waals surface area contributed by atoms with Crippen LogP contribution in [-0.2, 0) is 0 Å². The SMILES string of the molecule is Cc1cccc(SC2CCN(C(=O)Nc3ccc4n[nH]nc4c3)CC2)c1. The lowest BCUT2D eigenvalue weighted by Gasteiger charge is -2.31. The first-order chi connectivity index (χ1) is 12.7. The first-order valence-corrected chi connectivity index (χ1v) is 9.65. The van der Waals surface area contributed by atoms with Crippen molar-refractivity contribution >= 4 is 34.5 Å². The van der Waals surface area contributed by atoms with Gasteiger partial charge in [-0.2, -0.15) is 15.4 Å². The minimum absolute atomic E-state index is 0.0492. The molecule has 0 aliphatic carbocycles. The summed E-state index contributed by atoms with van der Waals surface area (Å²) in [5.74, 6) is 0. The number of carbonyl (C=O) groups is 1. The van der Waals surface area contributed by atoms with Crippen molar-refractivity contribution in [2.24, 2.45) is 0 Å². The Balaban J connectivity index is 1.31. The highest BCUT2D eigenvalue weighted by atomic mass is 32.2. The highest BCUT2D eigenvalue weighted by Crippen LogP contribution is 2.31. The lowest BCUT2D eigenvalue weighted by molar-refractivity contribution is 0.201. The zero-order valence-corrected chi connectivity index (χ0v) is 15.4. The number of nitrogens with one attached hydrogen (secondary N) is 2. The third kappa shape index (κ3) is 3.83. The number of benzene rings is 2. The molecule has 26 heavy (non-hydrogen) atoms. The van der Waals surface area contributed by atoms with Gasteiger partial charge in [0.05, 0.1) is 0 Å². The summed E-state index contributed by atoms with van der Waals surface area (Å²) in [5.41, 5.74) is 3.57. The number of H-pyrrole nitrogens is 1. The summed E-state index contributed by atoms with van der Waals surface area (Å²) in [6.07, 6.45) is 2.02. The van der Waals surface area contributed by atoms with Crippen molar-refractivity contribution in [1.82, 2.24) is 20.3 Å². The van der Waals surface area contributed by atoms with E-state index >= 15 is 0 Å². The van der Waals surface area contributed by atoms with Crippen molar-refractivity contribution in [2.75, 3.05) is 18.4 Å². The molecule has 134 valence electrons. The van der Waals surface area contributed by atoms with Crippen LogP contribution in [0, 0.1) is 6.92 Å². The molecule has 0 saturated carbocycles. The fourth-order valence-corrected chi connectivity index (χ4v) is 4.42. The molecule has 2 amide bonds. The van der Waals surface area contributed by atoms with Crippen LogP contribution in [0.4, 0.5) is 10.5 Å². The second-order valence-electron chi connectivity index (χ2n) is 6.58. The molecular formula is C19H21N5OS. The molecule has 1 aromatic heterocycles. The van der Waals surface area contributed by atoms with Gasteiger partial charge in [-0.1, -0.05) is 17.7 Å². The third-order valence-electron chi connectivity index (χ3n) is 4.59. The molecule has 6 nitrogen and oxygen atoms in total. The number of likely N-dealkylation sites (tertiary alicyclic amines) is 1. The Labute approximate surface area is 156 Å². The standard InChI is InChI=1S/C19H21N5OS/c1-13-3-2-4-16(11-13)26-15-7-9-24(10-8-15)19(25)20-14-5-6-17-18(12-14)22-23-21-17/h2-6,11-12,15H,7-10H2,1H3,(H,20,25)(H,21,22,23). The predicted molar refractivity (Wildman–Crippen MR) is 105 cm³/mol. The number of aromatic amines is 1. The van der Waals surface area contributed by atoms with Crippen LogP contribution in [0.25, 0.3) is 11.0 Å². The average molecular weight is 367 g/mol. The minimum Gasteiger partial charge on any atom is -0.324 e. The molecule has 1 aliphatic heterocycles. The van der Waals surface area contributed by atoms with E-state index in [4.69, 9.17) is 0 Å². The van der Waals surface area contributed by atoms with Gasteiger partial charge in [-0.25, -0.2) is 4.79 Å². The van der Waals surface area contributed by atoms with Gasteiger partial charge in [0.25, 0.3) is 0 Å². The number of hydrogen-bond acceptors (Lipinski definition) is 4. The molecular weight excluding hydrogens is 346 g/mol. The summed E-state index contributed by atoms with van der Waals surface area (Å²) in [5, 5.41) is 14.2. The van der Waals surface area contributed by atoms with E-state index in [1.807, 2.05) is 34.9 Å². The van der Waals surface area contributed by atoms with Crippen molar-refractivity contribution in [3.05, 3.63) is 48.0 Å². The number of hydrogen-bond donors (Lipinski definition) is 2. The maximum Gasteiger partial charge on any atom is 0.321 e. The van der Waals surface area contributed by atoms with Gasteiger partial charge in [-0.3, -0.25) is 0 Å². The van der Waals surface area contributed by atoms with E-state index in [9.17, 15) is 4.79 Å². The Kier molecular flexibility index (Phi) is 4.79. The zero-order chi connectivity index (χ0) is 17.9. The largest absolute Gasteiger partial charge is 0.324 e. The molecule has 2 aromatic carbocycles. The fraction of sp³-hybridized carbons (Fsp3) is 0.316. The zero-order valence-electron chi connectivity index (χ0n) is 14.6. The van der Waals surface area contributed by atoms with Gasteiger partial charge in [-0.15, -0.1) is 11.8 Å². The Morgan fingerprint density at radius 2 is 1.96 bits per heavy atom. The number of aromatic nitrogens is 3. The Morgan fingerprint density at radius 1 is 1.15 bits per heavy atom. The van der Waals surface area contributed by atoms with Gasteiger partial charge < -0.3 is 10.2 Å². The summed E-state index contributed by atoms with van der Waals surface area (Å²) >= 11 is 1.92. The number of aryl methyl sites for hydroxylation is 1. The maximum atomic E-state index is 12.5. The summed E-state index contributed by atoms with van der Waals surface area (Å²) in [6, 6.07) is 14.1. The summed E-state index contributed by atoms with van der Waals surface area (Å²) < 4.78 is 0. The molecule has 0 unspecified atom stereocenters. The number of anilines is 1. The number of urea groups is 1. The number of carbonyl (C=O) groups excluding carboxylic acids is 1. The molecule has 1 fully saturated rings. The fourth-order valence-electron chi connectivity index (χ4n) is 3.18. The average Bonchev–Trinajstić information content (AvgIpc) is 3.10. The smallest absolute Gasteiger partial charge is 0.321 e. The Hall–Kier alpha value is -2.54. The number of nitrogens with zero attached hydrogens (tertiary/aromatic N) is 3. The molecule has 4 rings (SSSR count). The first-order valence-electron chi connectivity index (χ1n) is 8.77. The van der Waals surface area contributed by atoms with Crippen LogP contribution < -0.4 is 5.32 Å². The van der Waals surface area contributed by atoms with Gasteiger partial charge in [0.2, 0.25) is 0 Å². The molecule has 7 heteroatoms. The lowest BCUT2D eigenvalue weighted by atomic mass is 10.1. The summed E-state index contributed by atoms with van der Waals surface area (Å²) in [7, 11) is 0. The number of thioether (sulfide) groups is 1. The molecule has 1 aliphatic rings. The second kappa shape index (κ2) is 7.37. The van der Waals surface area contributed by atoms with Gasteiger partial charge in [0.15, 0.2) is 0 Å². The monoisotopic (exact) mass is 367 g/mol. The van der Waals surface area contributed by atoms with Gasteiger partial charge >= 0.3 is 6.03 Å². The lowest BCUT2D eigenvalue weighted by Crippen LogP contribution is -2.41. The maximum absolute atomic E-state index is 12.5. The van der Waals surface area contributed by atoms with E-state index < -0.39 is 0 Å². The van der Waals surface area contributed by atoms with Crippen molar-refractivity contribution in [2.45, 2.75) is 29.9 Å². The van der Waals surface area contributed by atoms with Gasteiger partial charge in [0.1, 0.15) is 11.0 Å². The van der Waals surface area contributed by atoms with Crippen molar-refractivity contribution in [3.8, 4) is 0 Å². The van der Waals surface area contributed by atoms with Crippen molar-refractivity contribution < 1.29 is 4.79 Å². The van der Waals surface area contributed by atoms with E-state index in [-0.39, 0.29) is 6.03 Å². The van der Waals surface area contributed by atoms with Crippen LogP contribution in [0.1, 0.15) is 18.4 Å². The Bertz CT molecular complexity index is 917. The van der Waals surface area contributed by atoms with E-state index in [1.54, 1.807) is 0 Å². The topological polar surface area (TPSA) is 73.9 Å². The van der Waals surface area contributed by atoms with Crippen molar-refractivity contribution in [3.63, 3.8) is 0 Å². The summed E-state index contributed by atoms with van der Waals surface area (Å²) in [6.45, 7) is 3.68. The van der Waals surface area contributed by atoms with Crippen molar-refractivity contribution in [1.29, 1.82) is 0 Å². The molecule has 0 atom stereocenters. The van der Waals surface area contributed by atoms with Crippen LogP contribution in [0.2, 0.25) is 0 Å². The quantitative estimate of drug-likeness (QED) is 0.732. The molecule has 3 aromatic rings.